The maximum atomic E-state index is 12.4. The first-order valence-electron chi connectivity index (χ1n) is 13.9. The summed E-state index contributed by atoms with van der Waals surface area (Å²) < 4.78 is 51.0. The number of rotatable bonds is 8. The molecule has 0 saturated heterocycles. The molecule has 0 aromatic heterocycles. The van der Waals surface area contributed by atoms with Crippen LogP contribution in [-0.2, 0) is 49.6 Å². The zero-order valence-corrected chi connectivity index (χ0v) is 26.6. The van der Waals surface area contributed by atoms with Gasteiger partial charge >= 0.3 is 35.8 Å². The molecule has 0 amide bonds. The van der Waals surface area contributed by atoms with Gasteiger partial charge in [-0.15, -0.1) is 0 Å². The number of carbonyl (C=O) groups is 6. The molecule has 2 heterocycles. The van der Waals surface area contributed by atoms with Crippen LogP contribution in [0, 0.1) is 13.8 Å². The van der Waals surface area contributed by atoms with E-state index in [1.165, 1.54) is 7.11 Å². The molecular weight excluding hydrogens is 612 g/mol. The summed E-state index contributed by atoms with van der Waals surface area (Å²) in [6.07, 6.45) is -3.57. The van der Waals surface area contributed by atoms with Gasteiger partial charge in [0.1, 0.15) is 12.2 Å². The van der Waals surface area contributed by atoms with Crippen molar-refractivity contribution in [3.8, 4) is 34.5 Å². The smallest absolute Gasteiger partial charge is 0.308 e. The molecule has 46 heavy (non-hydrogen) atoms. The van der Waals surface area contributed by atoms with Crippen molar-refractivity contribution in [1.82, 2.24) is 0 Å². The van der Waals surface area contributed by atoms with Crippen molar-refractivity contribution in [2.75, 3.05) is 7.11 Å². The Kier molecular flexibility index (Phi) is 9.80. The predicted molar refractivity (Wildman–Crippen MR) is 151 cm³/mol. The van der Waals surface area contributed by atoms with Gasteiger partial charge in [-0.1, -0.05) is 0 Å². The molecule has 2 aliphatic rings. The highest BCUT2D eigenvalue weighted by atomic mass is 16.7. The molecule has 4 rings (SSSR count). The lowest BCUT2D eigenvalue weighted by molar-refractivity contribution is -0.176. The number of esters is 6. The Morgan fingerprint density at radius 2 is 0.913 bits per heavy atom. The molecule has 0 spiro atoms. The Hall–Kier alpha value is -4.86. The maximum Gasteiger partial charge on any atom is 0.308 e. The SMILES string of the molecule is CO[C@H]1O[C@H]([C@@H]2OCc3c(C)c(OC(C)=O)c(OC(C)=O)c(OC(C)=O)c32)c2c(OC(C)=O)c(OC(C)=O)c(OC(C)=O)c(C)c21. The van der Waals surface area contributed by atoms with Crippen molar-refractivity contribution in [1.29, 1.82) is 0 Å². The van der Waals surface area contributed by atoms with E-state index in [0.29, 0.717) is 11.1 Å². The number of hydrogen-bond donors (Lipinski definition) is 0. The molecule has 15 nitrogen and oxygen atoms in total. The number of ether oxygens (including phenoxy) is 9. The third-order valence-corrected chi connectivity index (χ3v) is 6.91. The number of hydrogen-bond acceptors (Lipinski definition) is 15. The number of benzene rings is 2. The summed E-state index contributed by atoms with van der Waals surface area (Å²) in [6, 6.07) is 0. The summed E-state index contributed by atoms with van der Waals surface area (Å²) in [5.74, 6) is -6.45. The summed E-state index contributed by atoms with van der Waals surface area (Å²) >= 11 is 0. The topological polar surface area (TPSA) is 185 Å². The van der Waals surface area contributed by atoms with E-state index in [4.69, 9.17) is 42.6 Å². The fourth-order valence-electron chi connectivity index (χ4n) is 5.44. The van der Waals surface area contributed by atoms with E-state index < -0.39 is 54.3 Å². The van der Waals surface area contributed by atoms with Crippen LogP contribution in [0.5, 0.6) is 34.5 Å². The van der Waals surface area contributed by atoms with Crippen LogP contribution in [0.15, 0.2) is 0 Å². The minimum Gasteiger partial charge on any atom is -0.422 e. The number of fused-ring (bicyclic) bond motifs is 2. The Morgan fingerprint density at radius 3 is 1.35 bits per heavy atom. The van der Waals surface area contributed by atoms with Crippen LogP contribution >= 0.6 is 0 Å². The normalized spacial score (nSPS) is 17.8. The minimum absolute atomic E-state index is 0.119. The largest absolute Gasteiger partial charge is 0.422 e. The van der Waals surface area contributed by atoms with Crippen molar-refractivity contribution < 1.29 is 71.4 Å². The highest BCUT2D eigenvalue weighted by Crippen LogP contribution is 2.62. The lowest BCUT2D eigenvalue weighted by Crippen LogP contribution is -2.18. The molecule has 0 aliphatic carbocycles. The van der Waals surface area contributed by atoms with Crippen molar-refractivity contribution in [3.63, 3.8) is 0 Å². The lowest BCUT2D eigenvalue weighted by Gasteiger charge is -2.25. The Morgan fingerprint density at radius 1 is 0.522 bits per heavy atom. The van der Waals surface area contributed by atoms with E-state index in [2.05, 4.69) is 0 Å². The second kappa shape index (κ2) is 13.2. The van der Waals surface area contributed by atoms with Crippen molar-refractivity contribution in [3.05, 3.63) is 33.4 Å². The van der Waals surface area contributed by atoms with Crippen LogP contribution in [0.2, 0.25) is 0 Å². The fourth-order valence-corrected chi connectivity index (χ4v) is 5.44. The first-order chi connectivity index (χ1) is 21.6. The van der Waals surface area contributed by atoms with Crippen molar-refractivity contribution >= 4 is 35.8 Å². The number of methoxy groups -OCH3 is 1. The lowest BCUT2D eigenvalue weighted by atomic mass is 9.89. The zero-order valence-electron chi connectivity index (χ0n) is 26.6. The molecule has 0 unspecified atom stereocenters. The van der Waals surface area contributed by atoms with Gasteiger partial charge in [-0.3, -0.25) is 28.8 Å². The Bertz CT molecular complexity index is 1670. The highest BCUT2D eigenvalue weighted by molar-refractivity contribution is 5.83. The van der Waals surface area contributed by atoms with Gasteiger partial charge in [0, 0.05) is 76.5 Å². The van der Waals surface area contributed by atoms with Crippen LogP contribution in [0.3, 0.4) is 0 Å². The molecule has 0 radical (unpaired) electrons. The van der Waals surface area contributed by atoms with Gasteiger partial charge < -0.3 is 42.6 Å². The van der Waals surface area contributed by atoms with Gasteiger partial charge in [0.05, 0.1) is 6.61 Å². The van der Waals surface area contributed by atoms with Crippen LogP contribution in [0.4, 0.5) is 0 Å². The van der Waals surface area contributed by atoms with E-state index in [1.807, 2.05) is 0 Å². The molecule has 2 aliphatic heterocycles. The molecule has 3 atom stereocenters. The molecule has 0 saturated carbocycles. The van der Waals surface area contributed by atoms with E-state index >= 15 is 0 Å². The highest BCUT2D eigenvalue weighted by Gasteiger charge is 2.49. The van der Waals surface area contributed by atoms with Gasteiger partial charge in [0.25, 0.3) is 0 Å². The maximum absolute atomic E-state index is 12.4. The van der Waals surface area contributed by atoms with Crippen molar-refractivity contribution in [2.24, 2.45) is 0 Å². The predicted octanol–water partition coefficient (Wildman–Crippen LogP) is 3.84. The van der Waals surface area contributed by atoms with Crippen LogP contribution < -0.4 is 28.4 Å². The first-order valence-corrected chi connectivity index (χ1v) is 13.9. The third kappa shape index (κ3) is 6.42. The van der Waals surface area contributed by atoms with E-state index in [-0.39, 0.29) is 63.4 Å². The average Bonchev–Trinajstić information content (AvgIpc) is 3.54. The van der Waals surface area contributed by atoms with Crippen LogP contribution in [0.25, 0.3) is 0 Å². The molecule has 0 fully saturated rings. The fraction of sp³-hybridized carbons (Fsp3) is 0.419. The zero-order chi connectivity index (χ0) is 34.2. The minimum atomic E-state index is -1.23. The molecule has 0 bridgehead atoms. The van der Waals surface area contributed by atoms with E-state index in [0.717, 1.165) is 41.5 Å². The van der Waals surface area contributed by atoms with Crippen molar-refractivity contribution in [2.45, 2.75) is 80.5 Å². The van der Waals surface area contributed by atoms with Crippen LogP contribution in [0.1, 0.15) is 93.4 Å². The molecule has 0 N–H and O–H groups in total. The molecule has 15 heteroatoms. The van der Waals surface area contributed by atoms with Gasteiger partial charge in [-0.25, -0.2) is 0 Å². The standard InChI is InChI=1S/C31H32O15/c1-11-19-10-39-25(21(19)26(42-15(5)34)29(44-17(7)36)23(11)40-13(3)32)27-22-20(31(38-9)46-27)12(2)24(41-14(4)33)30(45-18(8)37)28(22)43-16(6)35/h25,27,31H,10H2,1-9H3/t25-,27+,31+/m1/s1. The number of carbonyl (C=O) groups excluding carboxylic acids is 6. The molecular formula is C31H32O15. The Labute approximate surface area is 262 Å². The molecule has 2 aromatic rings. The van der Waals surface area contributed by atoms with Gasteiger partial charge in [-0.05, 0) is 19.4 Å². The summed E-state index contributed by atoms with van der Waals surface area (Å²) in [6.45, 7) is 9.75. The van der Waals surface area contributed by atoms with Gasteiger partial charge in [0.15, 0.2) is 29.3 Å². The van der Waals surface area contributed by atoms with Gasteiger partial charge in [0.2, 0.25) is 11.5 Å². The molecule has 246 valence electrons. The monoisotopic (exact) mass is 644 g/mol. The summed E-state index contributed by atoms with van der Waals surface area (Å²) in [4.78, 5) is 73.4. The Balaban J connectivity index is 2.09. The first kappa shape index (κ1) is 34.0. The quantitative estimate of drug-likeness (QED) is 0.298. The summed E-state index contributed by atoms with van der Waals surface area (Å²) in [5, 5.41) is 0. The third-order valence-electron chi connectivity index (χ3n) is 6.91. The second-order valence-electron chi connectivity index (χ2n) is 10.4. The van der Waals surface area contributed by atoms with Gasteiger partial charge in [-0.2, -0.15) is 0 Å². The summed E-state index contributed by atoms with van der Waals surface area (Å²) in [5.41, 5.74) is 1.61. The van der Waals surface area contributed by atoms with Crippen LogP contribution in [-0.4, -0.2) is 42.9 Å². The van der Waals surface area contributed by atoms with E-state index in [1.54, 1.807) is 13.8 Å². The summed E-state index contributed by atoms with van der Waals surface area (Å²) in [7, 11) is 1.34. The van der Waals surface area contributed by atoms with E-state index in [9.17, 15) is 28.8 Å². The second-order valence-corrected chi connectivity index (χ2v) is 10.4. The average molecular weight is 645 g/mol. The molecule has 2 aromatic carbocycles.